The summed E-state index contributed by atoms with van der Waals surface area (Å²) in [6.07, 6.45) is -5.43. The van der Waals surface area contributed by atoms with Crippen LogP contribution >= 0.6 is 0 Å². The van der Waals surface area contributed by atoms with E-state index in [0.717, 1.165) is 0 Å². The van der Waals surface area contributed by atoms with Crippen molar-refractivity contribution in [3.63, 3.8) is 0 Å². The van der Waals surface area contributed by atoms with Crippen LogP contribution in [0.3, 0.4) is 0 Å². The van der Waals surface area contributed by atoms with Crippen LogP contribution in [0.5, 0.6) is 0 Å². The molecule has 1 aromatic heterocycles. The van der Waals surface area contributed by atoms with Gasteiger partial charge in [0, 0.05) is 0 Å². The van der Waals surface area contributed by atoms with E-state index in [9.17, 15) is 18.0 Å². The Morgan fingerprint density at radius 3 is 2.56 bits per heavy atom. The Morgan fingerprint density at radius 1 is 1.28 bits per heavy atom. The van der Waals surface area contributed by atoms with Crippen molar-refractivity contribution >= 4 is 11.0 Å². The fraction of sp³-hybridized carbons (Fsp3) is 0.167. The van der Waals surface area contributed by atoms with E-state index < -0.39 is 29.3 Å². The molecule has 92 valence electrons. The van der Waals surface area contributed by atoms with Crippen LogP contribution in [-0.4, -0.2) is 0 Å². The number of para-hydroxylation sites is 1. The van der Waals surface area contributed by atoms with E-state index in [-0.39, 0.29) is 11.0 Å². The molecule has 0 radical (unpaired) electrons. The average Bonchev–Trinajstić information content (AvgIpc) is 2.31. The molecule has 1 heterocycles. The van der Waals surface area contributed by atoms with E-state index >= 15 is 0 Å². The Morgan fingerprint density at radius 2 is 1.94 bits per heavy atom. The largest absolute Gasteiger partial charge is 0.451 e. The van der Waals surface area contributed by atoms with E-state index in [4.69, 9.17) is 9.68 Å². The number of halogens is 3. The maximum Gasteiger partial charge on any atom is 0.450 e. The molecule has 6 heteroatoms. The molecule has 0 amide bonds. The third kappa shape index (κ3) is 1.95. The molecule has 0 bridgehead atoms. The third-order valence-corrected chi connectivity index (χ3v) is 2.41. The number of fused-ring (bicyclic) bond motifs is 1. The van der Waals surface area contributed by atoms with Gasteiger partial charge in [-0.3, -0.25) is 4.79 Å². The molecule has 3 nitrogen and oxygen atoms in total. The molecule has 0 aliphatic rings. The minimum Gasteiger partial charge on any atom is -0.451 e. The SMILES string of the molecule is N#CCc1c(C(F)(F)F)oc2ccccc2c1=O. The maximum absolute atomic E-state index is 12.7. The van der Waals surface area contributed by atoms with Crippen molar-refractivity contribution in [1.82, 2.24) is 0 Å². The summed E-state index contributed by atoms with van der Waals surface area (Å²) < 4.78 is 42.9. The normalized spacial score (nSPS) is 11.4. The molecule has 0 N–H and O–H groups in total. The van der Waals surface area contributed by atoms with Crippen molar-refractivity contribution in [2.45, 2.75) is 12.6 Å². The Kier molecular flexibility index (Phi) is 2.83. The molecule has 1 aromatic carbocycles. The van der Waals surface area contributed by atoms with Gasteiger partial charge in [0.25, 0.3) is 0 Å². The second-order valence-electron chi connectivity index (χ2n) is 3.57. The molecule has 0 unspecified atom stereocenters. The van der Waals surface area contributed by atoms with Gasteiger partial charge in [-0.15, -0.1) is 0 Å². The minimum absolute atomic E-state index is 0.0377. The number of alkyl halides is 3. The quantitative estimate of drug-likeness (QED) is 0.785. The molecule has 2 aromatic rings. The van der Waals surface area contributed by atoms with E-state index in [1.54, 1.807) is 6.07 Å². The lowest BCUT2D eigenvalue weighted by Crippen LogP contribution is -2.18. The monoisotopic (exact) mass is 253 g/mol. The molecule has 0 saturated carbocycles. The number of hydrogen-bond donors (Lipinski definition) is 0. The molecule has 18 heavy (non-hydrogen) atoms. The number of nitrogens with zero attached hydrogens (tertiary/aromatic N) is 1. The van der Waals surface area contributed by atoms with Gasteiger partial charge in [0.05, 0.1) is 23.4 Å². The Labute approximate surface area is 99.1 Å². The van der Waals surface area contributed by atoms with Crippen molar-refractivity contribution in [2.24, 2.45) is 0 Å². The highest BCUT2D eigenvalue weighted by Gasteiger charge is 2.38. The summed E-state index contributed by atoms with van der Waals surface area (Å²) >= 11 is 0. The molecule has 0 spiro atoms. The topological polar surface area (TPSA) is 54.0 Å². The first-order valence-corrected chi connectivity index (χ1v) is 4.94. The third-order valence-electron chi connectivity index (χ3n) is 2.41. The smallest absolute Gasteiger partial charge is 0.450 e. The van der Waals surface area contributed by atoms with Crippen molar-refractivity contribution in [3.05, 3.63) is 45.8 Å². The fourth-order valence-electron chi connectivity index (χ4n) is 1.65. The number of rotatable bonds is 1. The summed E-state index contributed by atoms with van der Waals surface area (Å²) in [6, 6.07) is 7.17. The Hall–Kier alpha value is -2.29. The van der Waals surface area contributed by atoms with Crippen molar-refractivity contribution in [2.75, 3.05) is 0 Å². The summed E-state index contributed by atoms with van der Waals surface area (Å²) in [6.45, 7) is 0. The number of benzene rings is 1. The van der Waals surface area contributed by atoms with Gasteiger partial charge >= 0.3 is 6.18 Å². The predicted octanol–water partition coefficient (Wildman–Crippen LogP) is 2.88. The van der Waals surface area contributed by atoms with Crippen LogP contribution in [0.1, 0.15) is 11.3 Å². The van der Waals surface area contributed by atoms with Crippen LogP contribution in [0.2, 0.25) is 0 Å². The van der Waals surface area contributed by atoms with Gasteiger partial charge in [-0.2, -0.15) is 18.4 Å². The highest BCUT2D eigenvalue weighted by molar-refractivity contribution is 5.77. The van der Waals surface area contributed by atoms with E-state index in [1.807, 2.05) is 0 Å². The van der Waals surface area contributed by atoms with Crippen LogP contribution in [0.25, 0.3) is 11.0 Å². The highest BCUT2D eigenvalue weighted by atomic mass is 19.4. The van der Waals surface area contributed by atoms with Gasteiger partial charge in [-0.05, 0) is 12.1 Å². The maximum atomic E-state index is 12.7. The average molecular weight is 253 g/mol. The van der Waals surface area contributed by atoms with E-state index in [0.29, 0.717) is 0 Å². The predicted molar refractivity (Wildman–Crippen MR) is 56.8 cm³/mol. The van der Waals surface area contributed by atoms with E-state index in [1.165, 1.54) is 24.3 Å². The lowest BCUT2D eigenvalue weighted by atomic mass is 10.1. The van der Waals surface area contributed by atoms with Gasteiger partial charge in [-0.1, -0.05) is 12.1 Å². The summed E-state index contributed by atoms with van der Waals surface area (Å²) in [5.41, 5.74) is -1.61. The summed E-state index contributed by atoms with van der Waals surface area (Å²) in [4.78, 5) is 11.9. The van der Waals surface area contributed by atoms with Crippen LogP contribution in [-0.2, 0) is 12.6 Å². The van der Waals surface area contributed by atoms with E-state index in [2.05, 4.69) is 0 Å². The molecular weight excluding hydrogens is 247 g/mol. The molecule has 2 rings (SSSR count). The zero-order valence-corrected chi connectivity index (χ0v) is 8.91. The summed E-state index contributed by atoms with van der Waals surface area (Å²) in [5.74, 6) is -1.40. The standard InChI is InChI=1S/C12H6F3NO2/c13-12(14,15)11-8(5-6-16)10(17)7-3-1-2-4-9(7)18-11/h1-4H,5H2. The van der Waals surface area contributed by atoms with Gasteiger partial charge in [0.1, 0.15) is 5.58 Å². The molecule has 0 fully saturated rings. The van der Waals surface area contributed by atoms with Crippen molar-refractivity contribution < 1.29 is 17.6 Å². The van der Waals surface area contributed by atoms with Gasteiger partial charge in [0.2, 0.25) is 5.76 Å². The molecule has 0 aliphatic heterocycles. The van der Waals surface area contributed by atoms with Crippen LogP contribution < -0.4 is 5.43 Å². The first kappa shape index (κ1) is 12.2. The molecular formula is C12H6F3NO2. The first-order valence-electron chi connectivity index (χ1n) is 4.94. The molecule has 0 saturated heterocycles. The lowest BCUT2D eigenvalue weighted by Gasteiger charge is -2.10. The Balaban J connectivity index is 2.89. The second kappa shape index (κ2) is 4.18. The van der Waals surface area contributed by atoms with Crippen LogP contribution in [0, 0.1) is 11.3 Å². The number of nitriles is 1. The minimum atomic E-state index is -4.80. The van der Waals surface area contributed by atoms with Gasteiger partial charge < -0.3 is 4.42 Å². The first-order chi connectivity index (χ1) is 8.45. The molecule has 0 atom stereocenters. The summed E-state index contributed by atoms with van der Waals surface area (Å²) in [5, 5.41) is 8.55. The van der Waals surface area contributed by atoms with Crippen molar-refractivity contribution in [1.29, 1.82) is 5.26 Å². The summed E-state index contributed by atoms with van der Waals surface area (Å²) in [7, 11) is 0. The zero-order valence-electron chi connectivity index (χ0n) is 8.91. The van der Waals surface area contributed by atoms with Crippen LogP contribution in [0.15, 0.2) is 33.5 Å². The highest BCUT2D eigenvalue weighted by Crippen LogP contribution is 2.32. The van der Waals surface area contributed by atoms with Crippen LogP contribution in [0.4, 0.5) is 13.2 Å². The zero-order chi connectivity index (χ0) is 13.3. The van der Waals surface area contributed by atoms with Gasteiger partial charge in [-0.25, -0.2) is 0 Å². The Bertz CT molecular complexity index is 695. The lowest BCUT2D eigenvalue weighted by molar-refractivity contribution is -0.153. The fourth-order valence-corrected chi connectivity index (χ4v) is 1.65. The van der Waals surface area contributed by atoms with Crippen molar-refractivity contribution in [3.8, 4) is 6.07 Å². The molecule has 0 aliphatic carbocycles. The second-order valence-corrected chi connectivity index (χ2v) is 3.57. The number of hydrogen-bond acceptors (Lipinski definition) is 3. The van der Waals surface area contributed by atoms with Gasteiger partial charge in [0.15, 0.2) is 5.43 Å².